The summed E-state index contributed by atoms with van der Waals surface area (Å²) in [6.45, 7) is 8.54. The highest BCUT2D eigenvalue weighted by molar-refractivity contribution is 6.33. The number of anilines is 1. The Morgan fingerprint density at radius 2 is 1.88 bits per heavy atom. The first-order chi connectivity index (χ1) is 11.5. The van der Waals surface area contributed by atoms with Crippen LogP contribution in [0, 0.1) is 0 Å². The number of halogens is 1. The van der Waals surface area contributed by atoms with Crippen molar-refractivity contribution < 1.29 is 19.4 Å². The molecule has 6 nitrogen and oxygen atoms in total. The molecule has 1 aliphatic heterocycles. The molecule has 1 heterocycles. The first kappa shape index (κ1) is 18.7. The first-order valence-corrected chi connectivity index (χ1v) is 8.89. The lowest BCUT2D eigenvalue weighted by molar-refractivity contribution is -1.01. The van der Waals surface area contributed by atoms with Gasteiger partial charge in [0, 0.05) is 6.54 Å². The minimum atomic E-state index is -0.0385. The monoisotopic (exact) mass is 354 g/mol. The second kappa shape index (κ2) is 9.01. The molecule has 2 amide bonds. The van der Waals surface area contributed by atoms with E-state index in [1.54, 1.807) is 12.1 Å². The molecule has 0 unspecified atom stereocenters. The zero-order valence-corrected chi connectivity index (χ0v) is 15.1. The maximum atomic E-state index is 12.2. The summed E-state index contributed by atoms with van der Waals surface area (Å²) in [5.41, 5.74) is 0.651. The van der Waals surface area contributed by atoms with Crippen molar-refractivity contribution in [2.75, 3.05) is 44.6 Å². The fourth-order valence-corrected chi connectivity index (χ4v) is 3.21. The van der Waals surface area contributed by atoms with E-state index >= 15 is 0 Å². The molecular formula is C17H27ClN4O2+2. The Morgan fingerprint density at radius 1 is 1.21 bits per heavy atom. The Morgan fingerprint density at radius 3 is 2.50 bits per heavy atom. The molecule has 1 fully saturated rings. The largest absolute Gasteiger partial charge is 0.351 e. The molecule has 24 heavy (non-hydrogen) atoms. The van der Waals surface area contributed by atoms with Crippen LogP contribution in [-0.2, 0) is 9.59 Å². The zero-order valence-electron chi connectivity index (χ0n) is 14.3. The molecule has 0 aliphatic carbocycles. The molecular weight excluding hydrogens is 328 g/mol. The van der Waals surface area contributed by atoms with E-state index in [0.717, 1.165) is 26.2 Å². The van der Waals surface area contributed by atoms with Crippen LogP contribution < -0.4 is 20.4 Å². The van der Waals surface area contributed by atoms with Crippen molar-refractivity contribution in [2.24, 2.45) is 0 Å². The van der Waals surface area contributed by atoms with E-state index in [1.807, 2.05) is 26.0 Å². The summed E-state index contributed by atoms with van der Waals surface area (Å²) in [6, 6.07) is 7.20. The van der Waals surface area contributed by atoms with Gasteiger partial charge in [0.25, 0.3) is 11.8 Å². The van der Waals surface area contributed by atoms with Crippen LogP contribution in [-0.4, -0.2) is 57.1 Å². The quantitative estimate of drug-likeness (QED) is 0.507. The van der Waals surface area contributed by atoms with E-state index in [9.17, 15) is 9.59 Å². The highest BCUT2D eigenvalue weighted by atomic mass is 35.5. The van der Waals surface area contributed by atoms with E-state index < -0.39 is 0 Å². The minimum Gasteiger partial charge on any atom is -0.351 e. The topological polar surface area (TPSA) is 67.1 Å². The predicted octanol–water partition coefficient (Wildman–Crippen LogP) is -1.41. The number of likely N-dealkylation sites (N-methyl/N-ethyl adjacent to an activating group) is 1. The SMILES string of the molecule is CCNC(=O)[C@H](C)[NH+]1CC[NH+](CC(=O)Nc2ccccc2Cl)CC1. The number of rotatable bonds is 6. The number of benzene rings is 1. The maximum absolute atomic E-state index is 12.2. The number of para-hydroxylation sites is 1. The molecule has 0 spiro atoms. The van der Waals surface area contributed by atoms with Gasteiger partial charge in [-0.15, -0.1) is 0 Å². The molecule has 0 aromatic heterocycles. The summed E-state index contributed by atoms with van der Waals surface area (Å²) in [5.74, 6) is 0.0748. The van der Waals surface area contributed by atoms with Crippen molar-refractivity contribution in [1.82, 2.24) is 5.32 Å². The summed E-state index contributed by atoms with van der Waals surface area (Å²) in [7, 11) is 0. The van der Waals surface area contributed by atoms with Crippen LogP contribution in [0.4, 0.5) is 5.69 Å². The van der Waals surface area contributed by atoms with Gasteiger partial charge >= 0.3 is 0 Å². The smallest absolute Gasteiger partial charge is 0.279 e. The van der Waals surface area contributed by atoms with E-state index in [4.69, 9.17) is 11.6 Å². The number of hydrogen-bond donors (Lipinski definition) is 4. The Kier molecular flexibility index (Phi) is 7.02. The fraction of sp³-hybridized carbons (Fsp3) is 0.529. The lowest BCUT2D eigenvalue weighted by atomic mass is 10.2. The summed E-state index contributed by atoms with van der Waals surface area (Å²) >= 11 is 6.06. The molecule has 0 radical (unpaired) electrons. The third-order valence-corrected chi connectivity index (χ3v) is 4.84. The number of carbonyl (C=O) groups excluding carboxylic acids is 2. The number of hydrogen-bond acceptors (Lipinski definition) is 2. The van der Waals surface area contributed by atoms with Crippen LogP contribution in [0.5, 0.6) is 0 Å². The number of quaternary nitrogens is 2. The summed E-state index contributed by atoms with van der Waals surface area (Å²) in [4.78, 5) is 26.6. The Bertz CT molecular complexity index is 573. The van der Waals surface area contributed by atoms with Crippen LogP contribution in [0.1, 0.15) is 13.8 Å². The van der Waals surface area contributed by atoms with Gasteiger partial charge in [-0.05, 0) is 26.0 Å². The Hall–Kier alpha value is -1.63. The Labute approximate surface area is 148 Å². The second-order valence-corrected chi connectivity index (χ2v) is 6.64. The highest BCUT2D eigenvalue weighted by Crippen LogP contribution is 2.19. The van der Waals surface area contributed by atoms with Gasteiger partial charge in [0.1, 0.15) is 26.2 Å². The van der Waals surface area contributed by atoms with Crippen LogP contribution in [0.2, 0.25) is 5.02 Å². The van der Waals surface area contributed by atoms with Crippen LogP contribution in [0.25, 0.3) is 0 Å². The molecule has 1 atom stereocenters. The van der Waals surface area contributed by atoms with Gasteiger partial charge in [0.05, 0.1) is 10.7 Å². The van der Waals surface area contributed by atoms with E-state index in [2.05, 4.69) is 10.6 Å². The van der Waals surface area contributed by atoms with Gasteiger partial charge in [-0.25, -0.2) is 0 Å². The lowest BCUT2D eigenvalue weighted by Gasteiger charge is -2.32. The van der Waals surface area contributed by atoms with Gasteiger partial charge in [0.2, 0.25) is 0 Å². The van der Waals surface area contributed by atoms with Crippen LogP contribution >= 0.6 is 11.6 Å². The standard InChI is InChI=1S/C17H25ClN4O2/c1-3-19-17(24)13(2)22-10-8-21(9-11-22)12-16(23)20-15-7-5-4-6-14(15)18/h4-7,13H,3,8-12H2,1-2H3,(H,19,24)(H,20,23)/p+2/t13-/m0/s1. The fourth-order valence-electron chi connectivity index (χ4n) is 3.03. The molecule has 0 saturated carbocycles. The first-order valence-electron chi connectivity index (χ1n) is 8.51. The molecule has 7 heteroatoms. The third kappa shape index (κ3) is 5.19. The van der Waals surface area contributed by atoms with Crippen molar-refractivity contribution in [3.63, 3.8) is 0 Å². The molecule has 0 bridgehead atoms. The van der Waals surface area contributed by atoms with Crippen LogP contribution in [0.3, 0.4) is 0 Å². The molecule has 4 N–H and O–H groups in total. The van der Waals surface area contributed by atoms with Crippen molar-refractivity contribution >= 4 is 29.1 Å². The van der Waals surface area contributed by atoms with Crippen molar-refractivity contribution in [3.05, 3.63) is 29.3 Å². The van der Waals surface area contributed by atoms with Gasteiger partial charge < -0.3 is 20.4 Å². The van der Waals surface area contributed by atoms with E-state index in [-0.39, 0.29) is 17.9 Å². The molecule has 1 aromatic carbocycles. The van der Waals surface area contributed by atoms with Gasteiger partial charge in [0.15, 0.2) is 12.6 Å². The maximum Gasteiger partial charge on any atom is 0.279 e. The second-order valence-electron chi connectivity index (χ2n) is 6.23. The van der Waals surface area contributed by atoms with Gasteiger partial charge in [-0.3, -0.25) is 9.59 Å². The van der Waals surface area contributed by atoms with E-state index in [1.165, 1.54) is 9.80 Å². The zero-order chi connectivity index (χ0) is 17.5. The van der Waals surface area contributed by atoms with Crippen molar-refractivity contribution in [1.29, 1.82) is 0 Å². The molecule has 2 rings (SSSR count). The predicted molar refractivity (Wildman–Crippen MR) is 94.5 cm³/mol. The molecule has 1 aliphatic rings. The number of carbonyl (C=O) groups is 2. The summed E-state index contributed by atoms with van der Waals surface area (Å²) in [5, 5.41) is 6.29. The summed E-state index contributed by atoms with van der Waals surface area (Å²) in [6.07, 6.45) is 0. The normalized spacial score (nSPS) is 21.8. The molecule has 132 valence electrons. The van der Waals surface area contributed by atoms with Crippen LogP contribution in [0.15, 0.2) is 24.3 Å². The van der Waals surface area contributed by atoms with Crippen molar-refractivity contribution in [3.8, 4) is 0 Å². The van der Waals surface area contributed by atoms with Gasteiger partial charge in [-0.1, -0.05) is 23.7 Å². The minimum absolute atomic E-state index is 0.0293. The third-order valence-electron chi connectivity index (χ3n) is 4.51. The Balaban J connectivity index is 1.77. The van der Waals surface area contributed by atoms with Gasteiger partial charge in [-0.2, -0.15) is 0 Å². The average Bonchev–Trinajstić information content (AvgIpc) is 2.57. The van der Waals surface area contributed by atoms with E-state index in [0.29, 0.717) is 23.8 Å². The van der Waals surface area contributed by atoms with Crippen molar-refractivity contribution in [2.45, 2.75) is 19.9 Å². The number of nitrogens with one attached hydrogen (secondary N) is 4. The highest BCUT2D eigenvalue weighted by Gasteiger charge is 2.31. The number of amides is 2. The number of piperazine rings is 1. The molecule has 1 saturated heterocycles. The molecule has 1 aromatic rings. The average molecular weight is 355 g/mol. The summed E-state index contributed by atoms with van der Waals surface area (Å²) < 4.78 is 0. The lowest BCUT2D eigenvalue weighted by Crippen LogP contribution is -3.30.